The minimum atomic E-state index is -0.355. The van der Waals surface area contributed by atoms with Gasteiger partial charge in [0.15, 0.2) is 6.29 Å². The van der Waals surface area contributed by atoms with E-state index in [2.05, 4.69) is 4.98 Å². The number of hydrogen-bond acceptors (Lipinski definition) is 3. The molecule has 2 aromatic rings. The molecule has 0 radical (unpaired) electrons. The minimum Gasteiger partial charge on any atom is -0.384 e. The summed E-state index contributed by atoms with van der Waals surface area (Å²) in [5.41, 5.74) is 7.05. The molecule has 2 N–H and O–H groups in total. The lowest BCUT2D eigenvalue weighted by molar-refractivity contribution is 0.112. The lowest BCUT2D eigenvalue weighted by Crippen LogP contribution is -1.95. The second-order valence-corrected chi connectivity index (χ2v) is 3.32. The average Bonchev–Trinajstić information content (AvgIpc) is 2.28. The zero-order valence-electron chi connectivity index (χ0n) is 8.35. The molecule has 1 aromatic carbocycles. The maximum atomic E-state index is 13.0. The molecule has 0 unspecified atom stereocenters. The molecule has 0 fully saturated rings. The number of halogens is 1. The predicted octanol–water partition coefficient (Wildman–Crippen LogP) is 2.28. The van der Waals surface area contributed by atoms with E-state index in [0.717, 1.165) is 0 Å². The van der Waals surface area contributed by atoms with Gasteiger partial charge in [0.2, 0.25) is 0 Å². The highest BCUT2D eigenvalue weighted by molar-refractivity contribution is 5.88. The van der Waals surface area contributed by atoms with E-state index in [1.807, 2.05) is 0 Å². The number of nitrogen functional groups attached to an aromatic ring is 1. The number of hydrogen-bond donors (Lipinski definition) is 1. The van der Waals surface area contributed by atoms with Crippen molar-refractivity contribution in [1.29, 1.82) is 0 Å². The maximum absolute atomic E-state index is 13.0. The number of nitrogens with two attached hydrogens (primary N) is 1. The highest BCUT2D eigenvalue weighted by atomic mass is 19.1. The van der Waals surface area contributed by atoms with E-state index in [-0.39, 0.29) is 11.6 Å². The standard InChI is InChI=1S/C12H9FN2O/c13-10-3-1-2-8(4-10)11-6-15-12(14)5-9(11)7-16/h1-7H,(H2,14,15). The summed E-state index contributed by atoms with van der Waals surface area (Å²) in [6.07, 6.45) is 2.14. The third kappa shape index (κ3) is 1.91. The Morgan fingerprint density at radius 2 is 2.12 bits per heavy atom. The van der Waals surface area contributed by atoms with Crippen LogP contribution >= 0.6 is 0 Å². The van der Waals surface area contributed by atoms with Crippen LogP contribution in [0.3, 0.4) is 0 Å². The molecule has 0 aliphatic carbocycles. The fraction of sp³-hybridized carbons (Fsp3) is 0. The molecule has 0 aliphatic rings. The number of nitrogens with zero attached hydrogens (tertiary/aromatic N) is 1. The number of rotatable bonds is 2. The Labute approximate surface area is 91.7 Å². The molecule has 80 valence electrons. The Kier molecular flexibility index (Phi) is 2.64. The number of carbonyl (C=O) groups is 1. The Hall–Kier alpha value is -2.23. The Bertz CT molecular complexity index is 540. The number of carbonyl (C=O) groups excluding carboxylic acids is 1. The fourth-order valence-electron chi connectivity index (χ4n) is 1.48. The lowest BCUT2D eigenvalue weighted by Gasteiger charge is -2.05. The highest BCUT2D eigenvalue weighted by Crippen LogP contribution is 2.23. The summed E-state index contributed by atoms with van der Waals surface area (Å²) < 4.78 is 13.0. The van der Waals surface area contributed by atoms with Gasteiger partial charge in [0.05, 0.1) is 0 Å². The van der Waals surface area contributed by atoms with Crippen molar-refractivity contribution in [3.05, 3.63) is 47.9 Å². The quantitative estimate of drug-likeness (QED) is 0.783. The van der Waals surface area contributed by atoms with E-state index in [1.54, 1.807) is 12.1 Å². The Morgan fingerprint density at radius 3 is 2.81 bits per heavy atom. The third-order valence-electron chi connectivity index (χ3n) is 2.22. The topological polar surface area (TPSA) is 56.0 Å². The van der Waals surface area contributed by atoms with E-state index in [1.165, 1.54) is 24.4 Å². The van der Waals surface area contributed by atoms with Crippen LogP contribution in [0.25, 0.3) is 11.1 Å². The summed E-state index contributed by atoms with van der Waals surface area (Å²) >= 11 is 0. The largest absolute Gasteiger partial charge is 0.384 e. The van der Waals surface area contributed by atoms with Crippen molar-refractivity contribution in [2.75, 3.05) is 5.73 Å². The Morgan fingerprint density at radius 1 is 1.31 bits per heavy atom. The van der Waals surface area contributed by atoms with Gasteiger partial charge in [-0.2, -0.15) is 0 Å². The summed E-state index contributed by atoms with van der Waals surface area (Å²) in [4.78, 5) is 14.8. The normalized spacial score (nSPS) is 10.1. The van der Waals surface area contributed by atoms with E-state index in [4.69, 9.17) is 5.73 Å². The summed E-state index contributed by atoms with van der Waals surface area (Å²) in [7, 11) is 0. The molecule has 0 bridgehead atoms. The molecule has 16 heavy (non-hydrogen) atoms. The first-order chi connectivity index (χ1) is 7.70. The van der Waals surface area contributed by atoms with E-state index in [0.29, 0.717) is 23.0 Å². The second kappa shape index (κ2) is 4.10. The number of benzene rings is 1. The van der Waals surface area contributed by atoms with Crippen LogP contribution in [0.4, 0.5) is 10.2 Å². The molecular weight excluding hydrogens is 207 g/mol. The number of pyridine rings is 1. The van der Waals surface area contributed by atoms with Crippen LogP contribution in [0.5, 0.6) is 0 Å². The summed E-state index contributed by atoms with van der Waals surface area (Å²) in [5, 5.41) is 0. The summed E-state index contributed by atoms with van der Waals surface area (Å²) in [6, 6.07) is 7.45. The van der Waals surface area contributed by atoms with Crippen molar-refractivity contribution in [2.24, 2.45) is 0 Å². The van der Waals surface area contributed by atoms with Gasteiger partial charge >= 0.3 is 0 Å². The smallest absolute Gasteiger partial charge is 0.150 e. The molecule has 0 spiro atoms. The zero-order valence-corrected chi connectivity index (χ0v) is 8.35. The van der Waals surface area contributed by atoms with Gasteiger partial charge in [-0.3, -0.25) is 4.79 Å². The van der Waals surface area contributed by atoms with Crippen LogP contribution in [0.2, 0.25) is 0 Å². The molecule has 0 aliphatic heterocycles. The van der Waals surface area contributed by atoms with Crippen LogP contribution in [-0.2, 0) is 0 Å². The van der Waals surface area contributed by atoms with E-state index < -0.39 is 0 Å². The first-order valence-corrected chi connectivity index (χ1v) is 4.67. The number of aldehydes is 1. The first-order valence-electron chi connectivity index (χ1n) is 4.67. The van der Waals surface area contributed by atoms with Gasteiger partial charge < -0.3 is 5.73 Å². The van der Waals surface area contributed by atoms with Crippen molar-refractivity contribution >= 4 is 12.1 Å². The minimum absolute atomic E-state index is 0.266. The van der Waals surface area contributed by atoms with Crippen molar-refractivity contribution in [1.82, 2.24) is 4.98 Å². The third-order valence-corrected chi connectivity index (χ3v) is 2.22. The van der Waals surface area contributed by atoms with Gasteiger partial charge in [-0.15, -0.1) is 0 Å². The summed E-state index contributed by atoms with van der Waals surface area (Å²) in [6.45, 7) is 0. The van der Waals surface area contributed by atoms with Crippen LogP contribution in [0, 0.1) is 5.82 Å². The van der Waals surface area contributed by atoms with Gasteiger partial charge in [-0.25, -0.2) is 9.37 Å². The summed E-state index contributed by atoms with van der Waals surface area (Å²) in [5.74, 6) is -0.0894. The molecular formula is C12H9FN2O. The Balaban J connectivity index is 2.59. The molecule has 4 heteroatoms. The van der Waals surface area contributed by atoms with Crippen molar-refractivity contribution in [3.63, 3.8) is 0 Å². The molecule has 2 rings (SSSR count). The second-order valence-electron chi connectivity index (χ2n) is 3.32. The van der Waals surface area contributed by atoms with Crippen LogP contribution < -0.4 is 5.73 Å². The van der Waals surface area contributed by atoms with Crippen LogP contribution in [0.15, 0.2) is 36.5 Å². The average molecular weight is 216 g/mol. The van der Waals surface area contributed by atoms with E-state index in [9.17, 15) is 9.18 Å². The van der Waals surface area contributed by atoms with Gasteiger partial charge in [0.25, 0.3) is 0 Å². The molecule has 0 saturated heterocycles. The van der Waals surface area contributed by atoms with Crippen LogP contribution in [0.1, 0.15) is 10.4 Å². The van der Waals surface area contributed by atoms with Gasteiger partial charge in [-0.1, -0.05) is 12.1 Å². The van der Waals surface area contributed by atoms with Crippen LogP contribution in [-0.4, -0.2) is 11.3 Å². The maximum Gasteiger partial charge on any atom is 0.150 e. The monoisotopic (exact) mass is 216 g/mol. The van der Waals surface area contributed by atoms with Crippen molar-refractivity contribution in [3.8, 4) is 11.1 Å². The SMILES string of the molecule is Nc1cc(C=O)c(-c2cccc(F)c2)cn1. The van der Waals surface area contributed by atoms with Gasteiger partial charge in [0, 0.05) is 17.3 Å². The molecule has 1 heterocycles. The number of anilines is 1. The molecule has 0 atom stereocenters. The predicted molar refractivity (Wildman–Crippen MR) is 59.4 cm³/mol. The number of aromatic nitrogens is 1. The van der Waals surface area contributed by atoms with Crippen molar-refractivity contribution < 1.29 is 9.18 Å². The van der Waals surface area contributed by atoms with Gasteiger partial charge in [0.1, 0.15) is 11.6 Å². The fourth-order valence-corrected chi connectivity index (χ4v) is 1.48. The zero-order chi connectivity index (χ0) is 11.5. The first kappa shape index (κ1) is 10.3. The van der Waals surface area contributed by atoms with E-state index >= 15 is 0 Å². The molecule has 0 saturated carbocycles. The van der Waals surface area contributed by atoms with Crippen molar-refractivity contribution in [2.45, 2.75) is 0 Å². The molecule has 3 nitrogen and oxygen atoms in total. The lowest BCUT2D eigenvalue weighted by atomic mass is 10.0. The molecule has 0 amide bonds. The highest BCUT2D eigenvalue weighted by Gasteiger charge is 2.06. The molecule has 1 aromatic heterocycles. The van der Waals surface area contributed by atoms with Gasteiger partial charge in [-0.05, 0) is 23.8 Å².